The highest BCUT2D eigenvalue weighted by Crippen LogP contribution is 2.35. The summed E-state index contributed by atoms with van der Waals surface area (Å²) < 4.78 is 1.63. The number of aromatic nitrogens is 3. The van der Waals surface area contributed by atoms with Gasteiger partial charge in [-0.3, -0.25) is 19.2 Å². The van der Waals surface area contributed by atoms with Gasteiger partial charge in [-0.15, -0.1) is 0 Å². The van der Waals surface area contributed by atoms with Crippen molar-refractivity contribution < 1.29 is 5.11 Å². The fourth-order valence-electron chi connectivity index (χ4n) is 5.66. The Hall–Kier alpha value is -3.08. The van der Waals surface area contributed by atoms with Crippen molar-refractivity contribution >= 4 is 10.9 Å². The zero-order chi connectivity index (χ0) is 23.9. The third-order valence-electron chi connectivity index (χ3n) is 8.02. The highest BCUT2D eigenvalue weighted by molar-refractivity contribution is 5.83. The van der Waals surface area contributed by atoms with Crippen LogP contribution in [0.4, 0.5) is 0 Å². The topological polar surface area (TPSA) is 95.0 Å². The van der Waals surface area contributed by atoms with Gasteiger partial charge in [0.05, 0.1) is 41.1 Å². The molecule has 1 aromatic carbocycles. The summed E-state index contributed by atoms with van der Waals surface area (Å²) in [5, 5.41) is 20.9. The van der Waals surface area contributed by atoms with Crippen molar-refractivity contribution in [1.29, 1.82) is 5.26 Å². The Balaban J connectivity index is 1.42. The molecule has 0 spiro atoms. The third-order valence-corrected chi connectivity index (χ3v) is 8.02. The molecule has 3 aromatic rings. The van der Waals surface area contributed by atoms with Crippen LogP contribution >= 0.6 is 0 Å². The number of nitrogens with zero attached hydrogens (tertiary/aromatic N) is 5. The van der Waals surface area contributed by atoms with Crippen molar-refractivity contribution in [2.75, 3.05) is 13.1 Å². The number of nitriles is 1. The number of fused-ring (bicyclic) bond motifs is 1. The van der Waals surface area contributed by atoms with Crippen LogP contribution in [0.25, 0.3) is 10.9 Å². The van der Waals surface area contributed by atoms with Gasteiger partial charge >= 0.3 is 0 Å². The lowest BCUT2D eigenvalue weighted by Crippen LogP contribution is -2.42. The Morgan fingerprint density at radius 2 is 1.97 bits per heavy atom. The maximum atomic E-state index is 13.4. The second-order valence-corrected chi connectivity index (χ2v) is 9.89. The largest absolute Gasteiger partial charge is 0.391 e. The predicted octanol–water partition coefficient (Wildman–Crippen LogP) is 3.55. The summed E-state index contributed by atoms with van der Waals surface area (Å²) in [6.07, 6.45) is 6.80. The summed E-state index contributed by atoms with van der Waals surface area (Å²) in [6.45, 7) is 6.45. The van der Waals surface area contributed by atoms with E-state index < -0.39 is 11.5 Å². The Bertz CT molecular complexity index is 1300. The molecule has 1 N–H and O–H groups in total. The van der Waals surface area contributed by atoms with Gasteiger partial charge in [-0.25, -0.2) is 4.98 Å². The maximum Gasteiger partial charge on any atom is 0.261 e. The minimum Gasteiger partial charge on any atom is -0.391 e. The van der Waals surface area contributed by atoms with Gasteiger partial charge < -0.3 is 5.11 Å². The number of benzene rings is 1. The summed E-state index contributed by atoms with van der Waals surface area (Å²) in [6, 6.07) is 10.1. The van der Waals surface area contributed by atoms with Gasteiger partial charge in [-0.2, -0.15) is 5.26 Å². The van der Waals surface area contributed by atoms with Crippen molar-refractivity contribution in [2.24, 2.45) is 0 Å². The number of rotatable bonds is 4. The lowest BCUT2D eigenvalue weighted by Gasteiger charge is -2.37. The smallest absolute Gasteiger partial charge is 0.261 e. The highest BCUT2D eigenvalue weighted by atomic mass is 16.3. The van der Waals surface area contributed by atoms with Crippen molar-refractivity contribution in [1.82, 2.24) is 19.4 Å². The summed E-state index contributed by atoms with van der Waals surface area (Å²) >= 11 is 0. The Morgan fingerprint density at radius 1 is 1.18 bits per heavy atom. The minimum atomic E-state index is -0.536. The molecule has 2 atom stereocenters. The number of aryl methyl sites for hydroxylation is 1. The fraction of sp³-hybridized carbons (Fsp3) is 0.481. The van der Waals surface area contributed by atoms with E-state index >= 15 is 0 Å². The highest BCUT2D eigenvalue weighted by Gasteiger charge is 2.37. The van der Waals surface area contributed by atoms with Crippen molar-refractivity contribution in [3.63, 3.8) is 0 Å². The molecule has 1 saturated carbocycles. The zero-order valence-electron chi connectivity index (χ0n) is 19.9. The number of pyridine rings is 1. The van der Waals surface area contributed by atoms with E-state index in [9.17, 15) is 15.2 Å². The number of hydrogen-bond donors (Lipinski definition) is 1. The average molecular weight is 458 g/mol. The second kappa shape index (κ2) is 8.94. The van der Waals surface area contributed by atoms with E-state index in [2.05, 4.69) is 27.9 Å². The zero-order valence-corrected chi connectivity index (χ0v) is 19.9. The first-order chi connectivity index (χ1) is 16.4. The van der Waals surface area contributed by atoms with Gasteiger partial charge in [0.2, 0.25) is 0 Å². The lowest BCUT2D eigenvalue weighted by atomic mass is 9.76. The van der Waals surface area contributed by atoms with E-state index in [1.807, 2.05) is 31.2 Å². The second-order valence-electron chi connectivity index (χ2n) is 9.89. The molecule has 176 valence electrons. The molecule has 7 heteroatoms. The van der Waals surface area contributed by atoms with Crippen LogP contribution in [0.15, 0.2) is 41.6 Å². The predicted molar refractivity (Wildman–Crippen MR) is 130 cm³/mol. The molecule has 7 nitrogen and oxygen atoms in total. The first-order valence-corrected chi connectivity index (χ1v) is 12.2. The summed E-state index contributed by atoms with van der Waals surface area (Å²) in [5.41, 5.74) is 4.29. The van der Waals surface area contributed by atoms with E-state index in [1.54, 1.807) is 17.1 Å². The fourth-order valence-corrected chi connectivity index (χ4v) is 5.66. The van der Waals surface area contributed by atoms with Crippen LogP contribution in [0.5, 0.6) is 0 Å². The van der Waals surface area contributed by atoms with Gasteiger partial charge in [0, 0.05) is 25.8 Å². The van der Waals surface area contributed by atoms with E-state index in [0.717, 1.165) is 79.6 Å². The van der Waals surface area contributed by atoms with Gasteiger partial charge in [0.15, 0.2) is 0 Å². The molecule has 3 heterocycles. The van der Waals surface area contributed by atoms with Crippen molar-refractivity contribution in [3.8, 4) is 6.07 Å². The van der Waals surface area contributed by atoms with E-state index in [-0.39, 0.29) is 11.6 Å². The van der Waals surface area contributed by atoms with Crippen LogP contribution < -0.4 is 5.56 Å². The van der Waals surface area contributed by atoms with Gasteiger partial charge in [-0.05, 0) is 80.8 Å². The van der Waals surface area contributed by atoms with Crippen LogP contribution in [-0.2, 0) is 12.0 Å². The Labute approximate surface area is 199 Å². The van der Waals surface area contributed by atoms with Gasteiger partial charge in [0.1, 0.15) is 5.41 Å². The molecule has 2 aromatic heterocycles. The first kappa shape index (κ1) is 22.7. The first-order valence-electron chi connectivity index (χ1n) is 12.2. The Morgan fingerprint density at radius 3 is 2.62 bits per heavy atom. The molecular weight excluding hydrogens is 426 g/mol. The number of aliphatic hydroxyl groups is 1. The Kier molecular flexibility index (Phi) is 5.97. The minimum absolute atomic E-state index is 0.0717. The molecule has 1 saturated heterocycles. The van der Waals surface area contributed by atoms with E-state index in [1.165, 1.54) is 0 Å². The van der Waals surface area contributed by atoms with Crippen molar-refractivity contribution in [2.45, 2.75) is 70.1 Å². The molecule has 2 fully saturated rings. The summed E-state index contributed by atoms with van der Waals surface area (Å²) in [7, 11) is 0. The average Bonchev–Trinajstić information content (AvgIpc) is 3.29. The molecule has 0 amide bonds. The van der Waals surface area contributed by atoms with Gasteiger partial charge in [-0.1, -0.05) is 6.07 Å². The molecule has 0 bridgehead atoms. The third kappa shape index (κ3) is 3.81. The number of hydrogen-bond acceptors (Lipinski definition) is 6. The quantitative estimate of drug-likeness (QED) is 0.644. The van der Waals surface area contributed by atoms with Crippen LogP contribution in [0, 0.1) is 25.2 Å². The summed E-state index contributed by atoms with van der Waals surface area (Å²) in [4.78, 5) is 24.9. The van der Waals surface area contributed by atoms with E-state index in [0.29, 0.717) is 5.39 Å². The molecule has 5 rings (SSSR count). The molecule has 0 unspecified atom stereocenters. The lowest BCUT2D eigenvalue weighted by molar-refractivity contribution is 0.134. The molecule has 0 radical (unpaired) electrons. The number of piperidine rings is 1. The van der Waals surface area contributed by atoms with Crippen LogP contribution in [0.1, 0.15) is 60.5 Å². The SMILES string of the molecule is Cc1c(CN2CCC(C#N)(c3ccccn3)CC2)cc2c(=O)n([C@H]3CCC[C@@H]3O)cnc2c1C. The van der Waals surface area contributed by atoms with Crippen LogP contribution in [0.3, 0.4) is 0 Å². The molecule has 2 aliphatic rings. The normalized spacial score (nSPS) is 22.6. The molecular formula is C27H31N5O2. The molecule has 1 aliphatic heterocycles. The van der Waals surface area contributed by atoms with Gasteiger partial charge in [0.25, 0.3) is 5.56 Å². The van der Waals surface area contributed by atoms with E-state index in [4.69, 9.17) is 0 Å². The molecule has 34 heavy (non-hydrogen) atoms. The molecule has 1 aliphatic carbocycles. The van der Waals surface area contributed by atoms with Crippen LogP contribution in [-0.4, -0.2) is 43.7 Å². The van der Waals surface area contributed by atoms with Crippen molar-refractivity contribution in [3.05, 3.63) is 69.5 Å². The van der Waals surface area contributed by atoms with Crippen LogP contribution in [0.2, 0.25) is 0 Å². The monoisotopic (exact) mass is 457 g/mol. The number of aliphatic hydroxyl groups excluding tert-OH is 1. The standard InChI is InChI=1S/C27H31N5O2/c1-18-19(2)25-21(26(34)32(17-30-25)22-6-5-7-23(22)33)14-20(18)15-31-12-9-27(16-28,10-13-31)24-8-3-4-11-29-24/h3-4,8,11,14,17,22-23,33H,5-7,9-10,12-13,15H2,1-2H3/t22-,23-/m0/s1. The summed E-state index contributed by atoms with van der Waals surface area (Å²) in [5.74, 6) is 0. The number of likely N-dealkylation sites (tertiary alicyclic amines) is 1. The maximum absolute atomic E-state index is 13.4.